The summed E-state index contributed by atoms with van der Waals surface area (Å²) in [6, 6.07) is 9.98. The number of benzene rings is 1. The number of aliphatic imine (C=N–C) groups is 1. The highest BCUT2D eigenvalue weighted by molar-refractivity contribution is 6.02. The summed E-state index contributed by atoms with van der Waals surface area (Å²) >= 11 is 0. The number of rotatable bonds is 3. The minimum absolute atomic E-state index is 0.634. The molecule has 4 heteroatoms. The maximum atomic E-state index is 7.69. The quantitative estimate of drug-likeness (QED) is 0.631. The zero-order valence-corrected chi connectivity index (χ0v) is 10.8. The SMILES string of the molecule is CC(=N)CC(=Nc1ccccc1)N1CCNCC1. The van der Waals surface area contributed by atoms with E-state index in [2.05, 4.69) is 10.2 Å². The summed E-state index contributed by atoms with van der Waals surface area (Å²) in [7, 11) is 0. The zero-order valence-electron chi connectivity index (χ0n) is 10.8. The van der Waals surface area contributed by atoms with Crippen molar-refractivity contribution in [3.8, 4) is 0 Å². The number of hydrogen-bond acceptors (Lipinski definition) is 3. The number of para-hydroxylation sites is 1. The van der Waals surface area contributed by atoms with E-state index in [9.17, 15) is 0 Å². The largest absolute Gasteiger partial charge is 0.357 e. The highest BCUT2D eigenvalue weighted by Crippen LogP contribution is 2.13. The predicted octanol–water partition coefficient (Wildman–Crippen LogP) is 2.05. The molecule has 0 aliphatic carbocycles. The third-order valence-electron chi connectivity index (χ3n) is 2.92. The molecule has 1 aromatic carbocycles. The molecule has 1 saturated heterocycles. The van der Waals surface area contributed by atoms with Crippen LogP contribution in [0.1, 0.15) is 13.3 Å². The second kappa shape index (κ2) is 6.31. The van der Waals surface area contributed by atoms with Crippen LogP contribution in [0.2, 0.25) is 0 Å². The lowest BCUT2D eigenvalue weighted by Crippen LogP contribution is -2.46. The third-order valence-corrected chi connectivity index (χ3v) is 2.92. The zero-order chi connectivity index (χ0) is 12.8. The van der Waals surface area contributed by atoms with Crippen LogP contribution < -0.4 is 5.32 Å². The summed E-state index contributed by atoms with van der Waals surface area (Å²) in [4.78, 5) is 6.98. The normalized spacial score (nSPS) is 16.7. The molecule has 1 aliphatic heterocycles. The molecule has 1 fully saturated rings. The monoisotopic (exact) mass is 244 g/mol. The molecule has 96 valence electrons. The van der Waals surface area contributed by atoms with Crippen LogP contribution in [0.5, 0.6) is 0 Å². The minimum atomic E-state index is 0.634. The molecule has 1 aromatic rings. The molecule has 0 bridgehead atoms. The number of piperazine rings is 1. The maximum Gasteiger partial charge on any atom is 0.111 e. The van der Waals surface area contributed by atoms with Crippen molar-refractivity contribution in [2.24, 2.45) is 4.99 Å². The van der Waals surface area contributed by atoms with E-state index < -0.39 is 0 Å². The van der Waals surface area contributed by atoms with E-state index in [0.717, 1.165) is 37.7 Å². The van der Waals surface area contributed by atoms with Gasteiger partial charge < -0.3 is 15.6 Å². The van der Waals surface area contributed by atoms with Crippen molar-refractivity contribution < 1.29 is 0 Å². The van der Waals surface area contributed by atoms with Crippen LogP contribution in [0.4, 0.5) is 5.69 Å². The van der Waals surface area contributed by atoms with Crippen molar-refractivity contribution >= 4 is 17.2 Å². The van der Waals surface area contributed by atoms with E-state index in [0.29, 0.717) is 12.1 Å². The number of amidine groups is 1. The van der Waals surface area contributed by atoms with Gasteiger partial charge in [-0.25, -0.2) is 4.99 Å². The molecule has 1 heterocycles. The molecule has 0 amide bonds. The molecule has 2 N–H and O–H groups in total. The van der Waals surface area contributed by atoms with Gasteiger partial charge in [-0.15, -0.1) is 0 Å². The molecular formula is C14H20N4. The molecule has 1 aliphatic rings. The van der Waals surface area contributed by atoms with Gasteiger partial charge in [0.15, 0.2) is 0 Å². The van der Waals surface area contributed by atoms with E-state index in [1.165, 1.54) is 0 Å². The van der Waals surface area contributed by atoms with E-state index in [1.807, 2.05) is 37.3 Å². The molecule has 4 nitrogen and oxygen atoms in total. The van der Waals surface area contributed by atoms with Crippen molar-refractivity contribution in [1.29, 1.82) is 5.41 Å². The van der Waals surface area contributed by atoms with E-state index in [1.54, 1.807) is 0 Å². The first-order valence-corrected chi connectivity index (χ1v) is 6.38. The minimum Gasteiger partial charge on any atom is -0.357 e. The van der Waals surface area contributed by atoms with Gasteiger partial charge in [0.2, 0.25) is 0 Å². The number of hydrogen-bond donors (Lipinski definition) is 2. The Labute approximate surface area is 108 Å². The average Bonchev–Trinajstić information content (AvgIpc) is 2.40. The highest BCUT2D eigenvalue weighted by atomic mass is 15.2. The Morgan fingerprint density at radius 2 is 1.94 bits per heavy atom. The topological polar surface area (TPSA) is 51.5 Å². The fourth-order valence-electron chi connectivity index (χ4n) is 2.03. The Bertz CT molecular complexity index is 419. The van der Waals surface area contributed by atoms with Crippen molar-refractivity contribution in [2.75, 3.05) is 26.2 Å². The standard InChI is InChI=1S/C14H20N4/c1-12(15)11-14(18-9-7-16-8-10-18)17-13-5-3-2-4-6-13/h2-6,15-16H,7-11H2,1H3. The highest BCUT2D eigenvalue weighted by Gasteiger charge is 2.14. The van der Waals surface area contributed by atoms with Crippen LogP contribution in [-0.4, -0.2) is 42.6 Å². The number of nitrogens with one attached hydrogen (secondary N) is 2. The van der Waals surface area contributed by atoms with Gasteiger partial charge in [0, 0.05) is 38.3 Å². The van der Waals surface area contributed by atoms with Crippen LogP contribution in [0.3, 0.4) is 0 Å². The maximum absolute atomic E-state index is 7.69. The van der Waals surface area contributed by atoms with Crippen LogP contribution in [-0.2, 0) is 0 Å². The molecule has 18 heavy (non-hydrogen) atoms. The van der Waals surface area contributed by atoms with Crippen molar-refractivity contribution in [2.45, 2.75) is 13.3 Å². The lowest BCUT2D eigenvalue weighted by atomic mass is 10.2. The Balaban J connectivity index is 2.18. The summed E-state index contributed by atoms with van der Waals surface area (Å²) in [6.45, 7) is 5.76. The Hall–Kier alpha value is -1.68. The van der Waals surface area contributed by atoms with E-state index in [4.69, 9.17) is 10.4 Å². The summed E-state index contributed by atoms with van der Waals surface area (Å²) in [5.41, 5.74) is 1.62. The molecular weight excluding hydrogens is 224 g/mol. The van der Waals surface area contributed by atoms with Gasteiger partial charge >= 0.3 is 0 Å². The summed E-state index contributed by atoms with van der Waals surface area (Å²) < 4.78 is 0. The van der Waals surface area contributed by atoms with Gasteiger partial charge in [-0.2, -0.15) is 0 Å². The van der Waals surface area contributed by atoms with E-state index >= 15 is 0 Å². The summed E-state index contributed by atoms with van der Waals surface area (Å²) in [6.07, 6.45) is 0.634. The molecule has 0 atom stereocenters. The first kappa shape index (κ1) is 12.8. The van der Waals surface area contributed by atoms with Crippen molar-refractivity contribution in [3.05, 3.63) is 30.3 Å². The summed E-state index contributed by atoms with van der Waals surface area (Å²) in [5.74, 6) is 1.01. The fourth-order valence-corrected chi connectivity index (χ4v) is 2.03. The lowest BCUT2D eigenvalue weighted by molar-refractivity contribution is 0.354. The summed E-state index contributed by atoms with van der Waals surface area (Å²) in [5, 5.41) is 11.0. The van der Waals surface area contributed by atoms with Gasteiger partial charge in [0.05, 0.1) is 5.69 Å². The first-order chi connectivity index (χ1) is 8.75. The number of nitrogens with zero attached hydrogens (tertiary/aromatic N) is 2. The predicted molar refractivity (Wildman–Crippen MR) is 76.0 cm³/mol. The van der Waals surface area contributed by atoms with Crippen LogP contribution >= 0.6 is 0 Å². The first-order valence-electron chi connectivity index (χ1n) is 6.38. The molecule has 0 aromatic heterocycles. The van der Waals surface area contributed by atoms with Gasteiger partial charge in [-0.3, -0.25) is 0 Å². The average molecular weight is 244 g/mol. The molecule has 2 rings (SSSR count). The lowest BCUT2D eigenvalue weighted by Gasteiger charge is -2.30. The van der Waals surface area contributed by atoms with Gasteiger partial charge in [0.25, 0.3) is 0 Å². The Morgan fingerprint density at radius 1 is 1.28 bits per heavy atom. The van der Waals surface area contributed by atoms with E-state index in [-0.39, 0.29) is 0 Å². The van der Waals surface area contributed by atoms with Gasteiger partial charge in [-0.05, 0) is 19.1 Å². The molecule has 0 unspecified atom stereocenters. The van der Waals surface area contributed by atoms with Gasteiger partial charge in [-0.1, -0.05) is 18.2 Å². The Morgan fingerprint density at radius 3 is 2.56 bits per heavy atom. The van der Waals surface area contributed by atoms with Crippen LogP contribution in [0.15, 0.2) is 35.3 Å². The van der Waals surface area contributed by atoms with Gasteiger partial charge in [0.1, 0.15) is 5.84 Å². The second-order valence-corrected chi connectivity index (χ2v) is 4.56. The molecule has 0 radical (unpaired) electrons. The van der Waals surface area contributed by atoms with Crippen molar-refractivity contribution in [1.82, 2.24) is 10.2 Å². The smallest absolute Gasteiger partial charge is 0.111 e. The fraction of sp³-hybridized carbons (Fsp3) is 0.429. The van der Waals surface area contributed by atoms with Crippen LogP contribution in [0, 0.1) is 5.41 Å². The Kier molecular flexibility index (Phi) is 4.47. The van der Waals surface area contributed by atoms with Crippen LogP contribution in [0.25, 0.3) is 0 Å². The molecule has 0 spiro atoms. The molecule has 0 saturated carbocycles. The van der Waals surface area contributed by atoms with Crippen molar-refractivity contribution in [3.63, 3.8) is 0 Å². The second-order valence-electron chi connectivity index (χ2n) is 4.56. The third kappa shape index (κ3) is 3.67.